The van der Waals surface area contributed by atoms with Crippen LogP contribution in [0.2, 0.25) is 0 Å². The molecule has 0 bridgehead atoms. The Morgan fingerprint density at radius 2 is 1.31 bits per heavy atom. The van der Waals surface area contributed by atoms with Gasteiger partial charge in [-0.1, -0.05) is 39.5 Å². The molecule has 0 amide bonds. The Kier molecular flexibility index (Phi) is 14.5. The molecule has 16 heavy (non-hydrogen) atoms. The summed E-state index contributed by atoms with van der Waals surface area (Å²) >= 11 is 0. The molecule has 0 unspecified atom stereocenters. The maximum absolute atomic E-state index is 11.1. The predicted octanol–water partition coefficient (Wildman–Crippen LogP) is 2.87. The van der Waals surface area contributed by atoms with Crippen molar-refractivity contribution in [2.45, 2.75) is 52.4 Å². The molecule has 0 aromatic carbocycles. The van der Waals surface area contributed by atoms with Crippen molar-refractivity contribution in [2.24, 2.45) is 0 Å². The van der Waals surface area contributed by atoms with Gasteiger partial charge in [-0.25, -0.2) is 0 Å². The molecule has 0 N–H and O–H groups in total. The maximum atomic E-state index is 11.1. The number of phosphoric ester groups is 1. The van der Waals surface area contributed by atoms with E-state index in [2.05, 4.69) is 22.9 Å². The van der Waals surface area contributed by atoms with Gasteiger partial charge in [0.2, 0.25) is 0 Å². The van der Waals surface area contributed by atoms with Crippen LogP contribution in [0.4, 0.5) is 0 Å². The maximum Gasteiger partial charge on any atom is 0.267 e. The monoisotopic (exact) mass is 301 g/mol. The van der Waals surface area contributed by atoms with E-state index < -0.39 is 7.82 Å². The van der Waals surface area contributed by atoms with Crippen LogP contribution in [-0.4, -0.2) is 13.2 Å². The van der Waals surface area contributed by atoms with Crippen LogP contribution < -0.4 is 4.89 Å². The number of phosphoric acid groups is 1. The van der Waals surface area contributed by atoms with Gasteiger partial charge < -0.3 is 13.9 Å². The van der Waals surface area contributed by atoms with Gasteiger partial charge in [0.1, 0.15) is 0 Å². The van der Waals surface area contributed by atoms with E-state index >= 15 is 0 Å². The topological polar surface area (TPSA) is 58.6 Å². The molecule has 0 radical (unpaired) electrons. The summed E-state index contributed by atoms with van der Waals surface area (Å²) in [4.78, 5) is 11.1. The van der Waals surface area contributed by atoms with Crippen LogP contribution in [0.3, 0.4) is 0 Å². The van der Waals surface area contributed by atoms with Crippen LogP contribution in [0.1, 0.15) is 52.4 Å². The van der Waals surface area contributed by atoms with Crippen molar-refractivity contribution in [3.8, 4) is 0 Å². The zero-order valence-electron chi connectivity index (χ0n) is 10.4. The predicted molar refractivity (Wildman–Crippen MR) is 58.6 cm³/mol. The van der Waals surface area contributed by atoms with Gasteiger partial charge in [0, 0.05) is 19.5 Å². The average Bonchev–Trinajstić information content (AvgIpc) is 2.20. The smallest absolute Gasteiger partial charge is 0.267 e. The van der Waals surface area contributed by atoms with Crippen LogP contribution in [0.5, 0.6) is 0 Å². The summed E-state index contributed by atoms with van der Waals surface area (Å²) < 4.78 is 20.5. The Morgan fingerprint density at radius 1 is 0.938 bits per heavy atom. The average molecular weight is 303 g/mol. The summed E-state index contributed by atoms with van der Waals surface area (Å²) in [5.41, 5.74) is 0. The summed E-state index contributed by atoms with van der Waals surface area (Å²) in [7, 11) is -4.02. The van der Waals surface area contributed by atoms with Gasteiger partial charge in [-0.2, -0.15) is 0 Å². The largest absolute Gasteiger partial charge is 0.756 e. The van der Waals surface area contributed by atoms with E-state index in [1.165, 1.54) is 0 Å². The third kappa shape index (κ3) is 12.8. The molecule has 0 aliphatic carbocycles. The van der Waals surface area contributed by atoms with E-state index in [9.17, 15) is 9.46 Å². The number of hydrogen-bond acceptors (Lipinski definition) is 4. The van der Waals surface area contributed by atoms with E-state index in [1.807, 2.05) is 0 Å². The van der Waals surface area contributed by atoms with E-state index in [1.54, 1.807) is 0 Å². The Labute approximate surface area is 111 Å². The van der Waals surface area contributed by atoms with Crippen molar-refractivity contribution in [3.05, 3.63) is 0 Å². The molecule has 0 saturated carbocycles. The first-order chi connectivity index (χ1) is 7.12. The molecule has 0 aromatic heterocycles. The molecule has 94 valence electrons. The summed E-state index contributed by atoms with van der Waals surface area (Å²) in [6.45, 7) is 4.58. The van der Waals surface area contributed by atoms with Gasteiger partial charge >= 0.3 is 0 Å². The quantitative estimate of drug-likeness (QED) is 0.354. The number of hydrogen-bond donors (Lipinski definition) is 0. The Balaban J connectivity index is 0. The van der Waals surface area contributed by atoms with E-state index in [-0.39, 0.29) is 32.7 Å². The normalized spacial score (nSPS) is 11.2. The van der Waals surface area contributed by atoms with Crippen LogP contribution in [0, 0.1) is 0 Å². The molecule has 0 saturated heterocycles. The second-order valence-corrected chi connectivity index (χ2v) is 4.94. The van der Waals surface area contributed by atoms with Crippen molar-refractivity contribution in [1.29, 1.82) is 0 Å². The van der Waals surface area contributed by atoms with Crippen molar-refractivity contribution in [2.75, 3.05) is 13.2 Å². The van der Waals surface area contributed by atoms with Gasteiger partial charge in [-0.3, -0.25) is 4.57 Å². The van der Waals surface area contributed by atoms with Crippen LogP contribution >= 0.6 is 7.82 Å². The minimum atomic E-state index is -4.02. The van der Waals surface area contributed by atoms with Crippen molar-refractivity contribution in [3.63, 3.8) is 0 Å². The van der Waals surface area contributed by atoms with Crippen LogP contribution in [0.15, 0.2) is 0 Å². The third-order valence-corrected chi connectivity index (χ3v) is 2.99. The Bertz CT molecular complexity index is 174. The van der Waals surface area contributed by atoms with Gasteiger partial charge in [0.15, 0.2) is 0 Å². The summed E-state index contributed by atoms with van der Waals surface area (Å²) in [5, 5.41) is 0. The first kappa shape index (κ1) is 19.1. The fourth-order valence-electron chi connectivity index (χ4n) is 1.09. The van der Waals surface area contributed by atoms with Gasteiger partial charge in [-0.05, 0) is 12.8 Å². The summed E-state index contributed by atoms with van der Waals surface area (Å²) in [6, 6.07) is 0. The molecule has 0 spiro atoms. The molecular formula is C10H22O4PZn-. The summed E-state index contributed by atoms with van der Waals surface area (Å²) in [5.74, 6) is 0. The second kappa shape index (κ2) is 12.2. The first-order valence-electron chi connectivity index (χ1n) is 5.72. The van der Waals surface area contributed by atoms with E-state index in [0.717, 1.165) is 38.5 Å². The van der Waals surface area contributed by atoms with Gasteiger partial charge in [0.05, 0.1) is 13.2 Å². The molecule has 0 fully saturated rings. The number of rotatable bonds is 10. The summed E-state index contributed by atoms with van der Waals surface area (Å²) in [6.07, 6.45) is 5.58. The second-order valence-electron chi connectivity index (χ2n) is 3.53. The first-order valence-corrected chi connectivity index (χ1v) is 7.18. The molecule has 0 aromatic rings. The Hall–Kier alpha value is 0.733. The van der Waals surface area contributed by atoms with Gasteiger partial charge in [-0.15, -0.1) is 0 Å². The van der Waals surface area contributed by atoms with Crippen molar-refractivity contribution < 1.29 is 38.0 Å². The minimum absolute atomic E-state index is 0. The molecule has 0 rings (SSSR count). The van der Waals surface area contributed by atoms with E-state index in [4.69, 9.17) is 0 Å². The van der Waals surface area contributed by atoms with Crippen molar-refractivity contribution in [1.82, 2.24) is 0 Å². The SMILES string of the molecule is CCCCCOP(=O)([O-])OCCCCC.[Zn]. The molecule has 6 heteroatoms. The zero-order valence-corrected chi connectivity index (χ0v) is 14.3. The Morgan fingerprint density at radius 3 is 1.62 bits per heavy atom. The molecular weight excluding hydrogens is 280 g/mol. The molecule has 0 atom stereocenters. The molecule has 0 heterocycles. The van der Waals surface area contributed by atoms with Crippen LogP contribution in [0.25, 0.3) is 0 Å². The standard InChI is InChI=1S/C10H23O4P.Zn/c1-3-5-7-9-13-15(11,12)14-10-8-6-4-2;/h3-10H2,1-2H3,(H,11,12);/p-1. The van der Waals surface area contributed by atoms with Crippen molar-refractivity contribution >= 4 is 7.82 Å². The van der Waals surface area contributed by atoms with E-state index in [0.29, 0.717) is 0 Å². The molecule has 0 aliphatic rings. The molecule has 0 aliphatic heterocycles. The fraction of sp³-hybridized carbons (Fsp3) is 1.00. The third-order valence-electron chi connectivity index (χ3n) is 1.99. The van der Waals surface area contributed by atoms with Gasteiger partial charge in [0.25, 0.3) is 7.82 Å². The van der Waals surface area contributed by atoms with Crippen LogP contribution in [-0.2, 0) is 33.1 Å². The fourth-order valence-corrected chi connectivity index (χ4v) is 1.87. The molecule has 4 nitrogen and oxygen atoms in total. The number of unbranched alkanes of at least 4 members (excludes halogenated alkanes) is 4. The minimum Gasteiger partial charge on any atom is -0.756 e. The zero-order chi connectivity index (χ0) is 11.6.